The minimum Gasteiger partial charge on any atom is -0.504 e. The van der Waals surface area contributed by atoms with Gasteiger partial charge in [0.1, 0.15) is 5.75 Å². The van der Waals surface area contributed by atoms with E-state index in [4.69, 9.17) is 9.47 Å². The first-order chi connectivity index (χ1) is 10.2. The summed E-state index contributed by atoms with van der Waals surface area (Å²) >= 11 is 0. The molecule has 0 atom stereocenters. The smallest absolute Gasteiger partial charge is 0.161 e. The van der Waals surface area contributed by atoms with Gasteiger partial charge >= 0.3 is 0 Å². The Morgan fingerprint density at radius 2 is 1.67 bits per heavy atom. The summed E-state index contributed by atoms with van der Waals surface area (Å²) < 4.78 is 11.0. The Kier molecular flexibility index (Phi) is 5.32. The van der Waals surface area contributed by atoms with Crippen LogP contribution in [0, 0.1) is 0 Å². The van der Waals surface area contributed by atoms with Crippen LogP contribution in [0.15, 0.2) is 42.5 Å². The van der Waals surface area contributed by atoms with Crippen LogP contribution in [0.5, 0.6) is 17.2 Å². The van der Waals surface area contributed by atoms with E-state index in [1.165, 1.54) is 0 Å². The first-order valence-corrected chi connectivity index (χ1v) is 7.15. The zero-order valence-electron chi connectivity index (χ0n) is 12.4. The largest absolute Gasteiger partial charge is 0.504 e. The number of benzene rings is 2. The summed E-state index contributed by atoms with van der Waals surface area (Å²) in [5.74, 6) is 1.51. The van der Waals surface area contributed by atoms with E-state index in [2.05, 4.69) is 5.32 Å². The monoisotopic (exact) mass is 287 g/mol. The molecule has 0 saturated carbocycles. The van der Waals surface area contributed by atoms with E-state index in [9.17, 15) is 5.11 Å². The molecule has 2 aromatic carbocycles. The first kappa shape index (κ1) is 15.0. The van der Waals surface area contributed by atoms with Gasteiger partial charge in [0.05, 0.1) is 18.9 Å². The molecule has 0 aliphatic carbocycles. The highest BCUT2D eigenvalue weighted by Crippen LogP contribution is 2.28. The number of ether oxygens (including phenoxy) is 2. The topological polar surface area (TPSA) is 50.7 Å². The van der Waals surface area contributed by atoms with Crippen LogP contribution in [0.2, 0.25) is 0 Å². The minimum atomic E-state index is 0.162. The highest BCUT2D eigenvalue weighted by Gasteiger charge is 2.05. The fourth-order valence-corrected chi connectivity index (χ4v) is 2.03. The molecule has 4 nitrogen and oxygen atoms in total. The molecule has 21 heavy (non-hydrogen) atoms. The average Bonchev–Trinajstić information content (AvgIpc) is 2.50. The number of para-hydroxylation sites is 2. The number of nitrogens with one attached hydrogen (secondary N) is 1. The van der Waals surface area contributed by atoms with Crippen LogP contribution in [0.25, 0.3) is 0 Å². The van der Waals surface area contributed by atoms with Gasteiger partial charge in [0.2, 0.25) is 0 Å². The maximum absolute atomic E-state index is 9.70. The molecule has 0 aliphatic heterocycles. The molecule has 0 heterocycles. The highest BCUT2D eigenvalue weighted by molar-refractivity contribution is 5.56. The molecule has 0 unspecified atom stereocenters. The Hall–Kier alpha value is -2.36. The Labute approximate surface area is 125 Å². The summed E-state index contributed by atoms with van der Waals surface area (Å²) in [4.78, 5) is 0. The van der Waals surface area contributed by atoms with Crippen LogP contribution >= 0.6 is 0 Å². The molecule has 0 aromatic heterocycles. The fourth-order valence-electron chi connectivity index (χ4n) is 2.03. The van der Waals surface area contributed by atoms with Gasteiger partial charge in [-0.2, -0.15) is 0 Å². The van der Waals surface area contributed by atoms with Crippen molar-refractivity contribution in [2.45, 2.75) is 20.4 Å². The first-order valence-electron chi connectivity index (χ1n) is 7.15. The maximum Gasteiger partial charge on any atom is 0.161 e. The SMILES string of the molecule is CCOc1cc(CNc2ccccc2OCC)ccc1O. The Balaban J connectivity index is 2.08. The van der Waals surface area contributed by atoms with Crippen LogP contribution in [0.3, 0.4) is 0 Å². The average molecular weight is 287 g/mol. The van der Waals surface area contributed by atoms with Gasteiger partial charge in [-0.1, -0.05) is 18.2 Å². The van der Waals surface area contributed by atoms with E-state index in [0.29, 0.717) is 25.5 Å². The summed E-state index contributed by atoms with van der Waals surface area (Å²) in [6.07, 6.45) is 0. The number of anilines is 1. The number of rotatable bonds is 7. The molecule has 2 rings (SSSR count). The summed E-state index contributed by atoms with van der Waals surface area (Å²) in [6.45, 7) is 5.64. The van der Waals surface area contributed by atoms with E-state index < -0.39 is 0 Å². The molecule has 0 aliphatic rings. The normalized spacial score (nSPS) is 10.2. The van der Waals surface area contributed by atoms with Crippen molar-refractivity contribution in [3.63, 3.8) is 0 Å². The van der Waals surface area contributed by atoms with Crippen molar-refractivity contribution in [2.75, 3.05) is 18.5 Å². The van der Waals surface area contributed by atoms with E-state index >= 15 is 0 Å². The molecular weight excluding hydrogens is 266 g/mol. The third-order valence-electron chi connectivity index (χ3n) is 2.99. The summed E-state index contributed by atoms with van der Waals surface area (Å²) in [6, 6.07) is 13.2. The lowest BCUT2D eigenvalue weighted by molar-refractivity contribution is 0.318. The van der Waals surface area contributed by atoms with Crippen LogP contribution in [-0.4, -0.2) is 18.3 Å². The summed E-state index contributed by atoms with van der Waals surface area (Å²) in [5.41, 5.74) is 1.98. The zero-order valence-corrected chi connectivity index (χ0v) is 12.4. The van der Waals surface area contributed by atoms with Crippen molar-refractivity contribution in [1.29, 1.82) is 0 Å². The molecule has 2 N–H and O–H groups in total. The van der Waals surface area contributed by atoms with E-state index in [-0.39, 0.29) is 5.75 Å². The van der Waals surface area contributed by atoms with Crippen LogP contribution in [0.1, 0.15) is 19.4 Å². The van der Waals surface area contributed by atoms with Crippen molar-refractivity contribution in [3.8, 4) is 17.2 Å². The number of aromatic hydroxyl groups is 1. The minimum absolute atomic E-state index is 0.162. The zero-order chi connectivity index (χ0) is 15.1. The van der Waals surface area contributed by atoms with Gasteiger partial charge in [0.25, 0.3) is 0 Å². The van der Waals surface area contributed by atoms with Crippen molar-refractivity contribution in [1.82, 2.24) is 0 Å². The number of phenolic OH excluding ortho intramolecular Hbond substituents is 1. The van der Waals surface area contributed by atoms with Gasteiger partial charge in [-0.3, -0.25) is 0 Å². The summed E-state index contributed by atoms with van der Waals surface area (Å²) in [7, 11) is 0. The predicted octanol–water partition coefficient (Wildman–Crippen LogP) is 3.80. The standard InChI is InChI=1S/C17H21NO3/c1-3-20-16-8-6-5-7-14(16)18-12-13-9-10-15(19)17(11-13)21-4-2/h5-11,18-19H,3-4,12H2,1-2H3. The molecule has 0 saturated heterocycles. The number of hydrogen-bond donors (Lipinski definition) is 2. The maximum atomic E-state index is 9.70. The lowest BCUT2D eigenvalue weighted by atomic mass is 10.2. The lowest BCUT2D eigenvalue weighted by Crippen LogP contribution is -2.03. The van der Waals surface area contributed by atoms with Gasteiger partial charge < -0.3 is 19.9 Å². The third-order valence-corrected chi connectivity index (χ3v) is 2.99. The van der Waals surface area contributed by atoms with Gasteiger partial charge in [0, 0.05) is 6.54 Å². The van der Waals surface area contributed by atoms with E-state index in [1.807, 2.05) is 50.2 Å². The molecule has 0 fully saturated rings. The highest BCUT2D eigenvalue weighted by atomic mass is 16.5. The van der Waals surface area contributed by atoms with Gasteiger partial charge in [-0.25, -0.2) is 0 Å². The third kappa shape index (κ3) is 4.05. The van der Waals surface area contributed by atoms with Gasteiger partial charge in [0.15, 0.2) is 11.5 Å². The Morgan fingerprint density at radius 1 is 0.952 bits per heavy atom. The van der Waals surface area contributed by atoms with Crippen molar-refractivity contribution in [3.05, 3.63) is 48.0 Å². The van der Waals surface area contributed by atoms with Crippen LogP contribution in [-0.2, 0) is 6.54 Å². The quantitative estimate of drug-likeness (QED) is 0.813. The van der Waals surface area contributed by atoms with Crippen molar-refractivity contribution < 1.29 is 14.6 Å². The van der Waals surface area contributed by atoms with Crippen LogP contribution in [0.4, 0.5) is 5.69 Å². The van der Waals surface area contributed by atoms with Crippen LogP contribution < -0.4 is 14.8 Å². The molecule has 0 bridgehead atoms. The van der Waals surface area contributed by atoms with Gasteiger partial charge in [-0.05, 0) is 43.7 Å². The second-order valence-corrected chi connectivity index (χ2v) is 4.52. The van der Waals surface area contributed by atoms with Gasteiger partial charge in [-0.15, -0.1) is 0 Å². The number of hydrogen-bond acceptors (Lipinski definition) is 4. The summed E-state index contributed by atoms with van der Waals surface area (Å²) in [5, 5.41) is 13.0. The molecule has 0 amide bonds. The second-order valence-electron chi connectivity index (χ2n) is 4.52. The van der Waals surface area contributed by atoms with E-state index in [1.54, 1.807) is 6.07 Å². The fraction of sp³-hybridized carbons (Fsp3) is 0.294. The predicted molar refractivity (Wildman–Crippen MR) is 84.2 cm³/mol. The molecular formula is C17H21NO3. The molecule has 2 aromatic rings. The molecule has 0 radical (unpaired) electrons. The Morgan fingerprint density at radius 3 is 2.43 bits per heavy atom. The van der Waals surface area contributed by atoms with E-state index in [0.717, 1.165) is 17.0 Å². The molecule has 112 valence electrons. The number of phenols is 1. The van der Waals surface area contributed by atoms with Crippen molar-refractivity contribution in [2.24, 2.45) is 0 Å². The van der Waals surface area contributed by atoms with Crippen molar-refractivity contribution >= 4 is 5.69 Å². The molecule has 4 heteroatoms. The lowest BCUT2D eigenvalue weighted by Gasteiger charge is -2.13. The molecule has 0 spiro atoms. The second kappa shape index (κ2) is 7.43. The Bertz CT molecular complexity index is 584.